The van der Waals surface area contributed by atoms with Gasteiger partial charge in [0.25, 0.3) is 0 Å². The first kappa shape index (κ1) is 13.2. The fraction of sp³-hybridized carbons (Fsp3) is 0.500. The topological polar surface area (TPSA) is 60.2 Å². The lowest BCUT2D eigenvalue weighted by Gasteiger charge is -2.13. The molecule has 0 aliphatic rings. The Morgan fingerprint density at radius 1 is 1.38 bits per heavy atom. The summed E-state index contributed by atoms with van der Waals surface area (Å²) in [5.74, 6) is 0.0877. The highest BCUT2D eigenvalue weighted by atomic mass is 32.2. The van der Waals surface area contributed by atoms with Crippen LogP contribution in [0, 0.1) is 6.92 Å². The monoisotopic (exact) mass is 241 g/mol. The third-order valence-corrected chi connectivity index (χ3v) is 4.95. The molecule has 90 valence electrons. The number of rotatable bonds is 5. The second kappa shape index (κ2) is 5.46. The number of hydrogen-bond acceptors (Lipinski definition) is 3. The summed E-state index contributed by atoms with van der Waals surface area (Å²) < 4.78 is 24.0. The van der Waals surface area contributed by atoms with Crippen LogP contribution in [0.3, 0.4) is 0 Å². The average Bonchev–Trinajstić information content (AvgIpc) is 2.18. The van der Waals surface area contributed by atoms with Gasteiger partial charge in [-0.2, -0.15) is 0 Å². The van der Waals surface area contributed by atoms with Gasteiger partial charge >= 0.3 is 0 Å². The number of hydrogen-bond donors (Lipinski definition) is 1. The van der Waals surface area contributed by atoms with Crippen LogP contribution in [0.4, 0.5) is 0 Å². The maximum Gasteiger partial charge on any atom is 0.158 e. The van der Waals surface area contributed by atoms with Crippen LogP contribution in [0.15, 0.2) is 24.3 Å². The van der Waals surface area contributed by atoms with Crippen LogP contribution in [0.2, 0.25) is 0 Å². The van der Waals surface area contributed by atoms with E-state index in [1.54, 1.807) is 0 Å². The second-order valence-corrected chi connectivity index (χ2v) is 6.34. The number of aryl methyl sites for hydroxylation is 1. The fourth-order valence-electron chi connectivity index (χ4n) is 1.72. The van der Waals surface area contributed by atoms with Crippen molar-refractivity contribution >= 4 is 9.84 Å². The molecule has 16 heavy (non-hydrogen) atoms. The van der Waals surface area contributed by atoms with Gasteiger partial charge in [-0.15, -0.1) is 0 Å². The molecule has 1 aromatic rings. The molecule has 3 nitrogen and oxygen atoms in total. The molecule has 0 amide bonds. The first-order chi connectivity index (χ1) is 7.49. The van der Waals surface area contributed by atoms with Crippen molar-refractivity contribution in [2.24, 2.45) is 5.73 Å². The predicted octanol–water partition coefficient (Wildman–Crippen LogP) is 1.65. The minimum absolute atomic E-state index is 0.0877. The van der Waals surface area contributed by atoms with Gasteiger partial charge in [-0.1, -0.05) is 36.8 Å². The van der Waals surface area contributed by atoms with E-state index in [4.69, 9.17) is 5.73 Å². The molecular formula is C12H19NO2S. The zero-order valence-corrected chi connectivity index (χ0v) is 10.6. The van der Waals surface area contributed by atoms with Gasteiger partial charge in [-0.3, -0.25) is 0 Å². The van der Waals surface area contributed by atoms with E-state index in [0.717, 1.165) is 11.1 Å². The smallest absolute Gasteiger partial charge is 0.158 e. The van der Waals surface area contributed by atoms with Crippen molar-refractivity contribution in [1.82, 2.24) is 0 Å². The summed E-state index contributed by atoms with van der Waals surface area (Å²) in [5, 5.41) is -0.423. The molecule has 0 aliphatic heterocycles. The van der Waals surface area contributed by atoms with Gasteiger partial charge in [0.15, 0.2) is 9.84 Å². The quantitative estimate of drug-likeness (QED) is 0.852. The Labute approximate surface area is 97.6 Å². The lowest BCUT2D eigenvalue weighted by molar-refractivity contribution is 0.575. The molecule has 0 saturated carbocycles. The highest BCUT2D eigenvalue weighted by molar-refractivity contribution is 7.91. The normalized spacial score (nSPS) is 13.7. The van der Waals surface area contributed by atoms with Crippen LogP contribution >= 0.6 is 0 Å². The molecule has 0 radical (unpaired) electrons. The summed E-state index contributed by atoms with van der Waals surface area (Å²) in [6.45, 7) is 4.01. The molecule has 0 aliphatic carbocycles. The van der Waals surface area contributed by atoms with Gasteiger partial charge in [-0.25, -0.2) is 8.42 Å². The summed E-state index contributed by atoms with van der Waals surface area (Å²) >= 11 is 0. The zero-order valence-electron chi connectivity index (χ0n) is 9.81. The van der Waals surface area contributed by atoms with E-state index in [2.05, 4.69) is 0 Å². The second-order valence-electron chi connectivity index (χ2n) is 4.06. The molecule has 1 atom stereocenters. The molecule has 0 bridgehead atoms. The summed E-state index contributed by atoms with van der Waals surface area (Å²) in [4.78, 5) is 0. The number of benzene rings is 1. The van der Waals surface area contributed by atoms with Gasteiger partial charge < -0.3 is 5.73 Å². The van der Waals surface area contributed by atoms with Crippen molar-refractivity contribution in [3.8, 4) is 0 Å². The third-order valence-electron chi connectivity index (χ3n) is 2.68. The molecule has 1 aromatic carbocycles. The lowest BCUT2D eigenvalue weighted by atomic mass is 10.2. The van der Waals surface area contributed by atoms with E-state index in [-0.39, 0.29) is 12.3 Å². The van der Waals surface area contributed by atoms with Crippen LogP contribution in [0.5, 0.6) is 0 Å². The minimum atomic E-state index is -3.12. The molecule has 1 rings (SSSR count). The largest absolute Gasteiger partial charge is 0.329 e. The maximum atomic E-state index is 12.0. The van der Waals surface area contributed by atoms with Crippen molar-refractivity contribution in [3.63, 3.8) is 0 Å². The molecule has 2 N–H and O–H groups in total. The Bertz CT molecular complexity index is 436. The molecular weight excluding hydrogens is 222 g/mol. The van der Waals surface area contributed by atoms with Crippen LogP contribution in [0.25, 0.3) is 0 Å². The standard InChI is InChI=1S/C12H19NO2S/c1-3-12(8-13)16(14,15)9-11-6-4-5-10(2)7-11/h4-7,12H,3,8-9,13H2,1-2H3. The Hall–Kier alpha value is -0.870. The molecule has 0 spiro atoms. The summed E-state index contributed by atoms with van der Waals surface area (Å²) in [6, 6.07) is 7.58. The van der Waals surface area contributed by atoms with Crippen molar-refractivity contribution in [2.75, 3.05) is 6.54 Å². The van der Waals surface area contributed by atoms with E-state index in [0.29, 0.717) is 6.42 Å². The van der Waals surface area contributed by atoms with Gasteiger partial charge in [0.05, 0.1) is 11.0 Å². The lowest BCUT2D eigenvalue weighted by Crippen LogP contribution is -2.30. The van der Waals surface area contributed by atoms with E-state index >= 15 is 0 Å². The SMILES string of the molecule is CCC(CN)S(=O)(=O)Cc1cccc(C)c1. The maximum absolute atomic E-state index is 12.0. The average molecular weight is 241 g/mol. The highest BCUT2D eigenvalue weighted by Gasteiger charge is 2.22. The number of sulfone groups is 1. The van der Waals surface area contributed by atoms with Crippen LogP contribution in [0.1, 0.15) is 24.5 Å². The van der Waals surface area contributed by atoms with Crippen LogP contribution in [-0.4, -0.2) is 20.2 Å². The molecule has 1 unspecified atom stereocenters. The van der Waals surface area contributed by atoms with E-state index in [1.165, 1.54) is 0 Å². The third kappa shape index (κ3) is 3.32. The van der Waals surface area contributed by atoms with Crippen molar-refractivity contribution < 1.29 is 8.42 Å². The Kier molecular flexibility index (Phi) is 4.50. The molecule has 0 heterocycles. The predicted molar refractivity (Wildman–Crippen MR) is 66.9 cm³/mol. The van der Waals surface area contributed by atoms with Crippen molar-refractivity contribution in [2.45, 2.75) is 31.3 Å². The van der Waals surface area contributed by atoms with Gasteiger partial charge in [0, 0.05) is 6.54 Å². The number of nitrogens with two attached hydrogens (primary N) is 1. The summed E-state index contributed by atoms with van der Waals surface area (Å²) in [5.41, 5.74) is 7.39. The summed E-state index contributed by atoms with van der Waals surface area (Å²) in [6.07, 6.45) is 0.574. The Morgan fingerprint density at radius 3 is 2.56 bits per heavy atom. The fourth-order valence-corrected chi connectivity index (χ4v) is 3.40. The van der Waals surface area contributed by atoms with E-state index < -0.39 is 15.1 Å². The molecule has 0 aromatic heterocycles. The van der Waals surface area contributed by atoms with Crippen molar-refractivity contribution in [3.05, 3.63) is 35.4 Å². The first-order valence-corrected chi connectivity index (χ1v) is 7.18. The van der Waals surface area contributed by atoms with Gasteiger partial charge in [0.2, 0.25) is 0 Å². The van der Waals surface area contributed by atoms with Crippen molar-refractivity contribution in [1.29, 1.82) is 0 Å². The molecule has 4 heteroatoms. The Morgan fingerprint density at radius 2 is 2.06 bits per heavy atom. The highest BCUT2D eigenvalue weighted by Crippen LogP contribution is 2.14. The molecule has 0 fully saturated rings. The van der Waals surface area contributed by atoms with Gasteiger partial charge in [0.1, 0.15) is 0 Å². The van der Waals surface area contributed by atoms with E-state index in [9.17, 15) is 8.42 Å². The molecule has 0 saturated heterocycles. The van der Waals surface area contributed by atoms with Gasteiger partial charge in [-0.05, 0) is 18.9 Å². The zero-order chi connectivity index (χ0) is 12.2. The minimum Gasteiger partial charge on any atom is -0.329 e. The van der Waals surface area contributed by atoms with Crippen LogP contribution < -0.4 is 5.73 Å². The van der Waals surface area contributed by atoms with Crippen LogP contribution in [-0.2, 0) is 15.6 Å². The Balaban J connectivity index is 2.88. The first-order valence-electron chi connectivity index (χ1n) is 5.46. The van der Waals surface area contributed by atoms with E-state index in [1.807, 2.05) is 38.1 Å². The summed E-state index contributed by atoms with van der Waals surface area (Å²) in [7, 11) is -3.12.